The van der Waals surface area contributed by atoms with Crippen LogP contribution < -0.4 is 19.1 Å². The van der Waals surface area contributed by atoms with Crippen molar-refractivity contribution in [3.05, 3.63) is 30.3 Å². The summed E-state index contributed by atoms with van der Waals surface area (Å²) in [6.45, 7) is 0. The lowest BCUT2D eigenvalue weighted by Crippen LogP contribution is -2.28. The molecule has 0 spiro atoms. The number of ether oxygens (including phenoxy) is 2. The van der Waals surface area contributed by atoms with Crippen molar-refractivity contribution < 1.29 is 27.5 Å². The molecule has 3 rings (SSSR count). The maximum absolute atomic E-state index is 12.5. The maximum Gasteiger partial charge on any atom is 0.264 e. The summed E-state index contributed by atoms with van der Waals surface area (Å²) in [5.74, 6) is -0.599. The van der Waals surface area contributed by atoms with Gasteiger partial charge in [-0.1, -0.05) is 0 Å². The van der Waals surface area contributed by atoms with E-state index < -0.39 is 10.0 Å². The predicted molar refractivity (Wildman–Crippen MR) is 94.1 cm³/mol. The standard InChI is InChI=1S/C16H16N4O6S/c1-25-12-9-13(26-2)18-16(17-12)19-27(23,24)11-5-3-10(4-6-11)20-14(21)7-8-15(20)22/h3-6,9H,7-8H2,1-2H3,(H,17,18,19). The van der Waals surface area contributed by atoms with Gasteiger partial charge in [0.05, 0.1) is 30.9 Å². The number of aromatic nitrogens is 2. The van der Waals surface area contributed by atoms with E-state index in [1.165, 1.54) is 44.6 Å². The molecule has 2 aromatic rings. The molecule has 2 heterocycles. The van der Waals surface area contributed by atoms with E-state index in [2.05, 4.69) is 14.7 Å². The fourth-order valence-electron chi connectivity index (χ4n) is 2.48. The first-order chi connectivity index (χ1) is 12.8. The van der Waals surface area contributed by atoms with Gasteiger partial charge >= 0.3 is 0 Å². The number of imide groups is 1. The molecule has 0 aliphatic carbocycles. The van der Waals surface area contributed by atoms with Crippen LogP contribution in [0.1, 0.15) is 12.8 Å². The number of amides is 2. The number of hydrogen-bond acceptors (Lipinski definition) is 8. The maximum atomic E-state index is 12.5. The van der Waals surface area contributed by atoms with Crippen molar-refractivity contribution in [3.8, 4) is 11.8 Å². The quantitative estimate of drug-likeness (QED) is 0.720. The normalized spacial score (nSPS) is 14.4. The molecule has 11 heteroatoms. The van der Waals surface area contributed by atoms with E-state index in [1.54, 1.807) is 0 Å². The molecule has 1 aromatic heterocycles. The van der Waals surface area contributed by atoms with Crippen molar-refractivity contribution in [2.45, 2.75) is 17.7 Å². The van der Waals surface area contributed by atoms with Crippen molar-refractivity contribution in [2.24, 2.45) is 0 Å². The van der Waals surface area contributed by atoms with Crippen LogP contribution in [0.15, 0.2) is 35.2 Å². The highest BCUT2D eigenvalue weighted by Gasteiger charge is 2.30. The van der Waals surface area contributed by atoms with Gasteiger partial charge in [-0.15, -0.1) is 0 Å². The molecular weight excluding hydrogens is 376 g/mol. The van der Waals surface area contributed by atoms with E-state index in [1.807, 2.05) is 0 Å². The number of sulfonamides is 1. The van der Waals surface area contributed by atoms with Crippen molar-refractivity contribution in [1.82, 2.24) is 9.97 Å². The zero-order valence-electron chi connectivity index (χ0n) is 14.5. The van der Waals surface area contributed by atoms with Gasteiger partial charge in [-0.05, 0) is 24.3 Å². The number of hydrogen-bond donors (Lipinski definition) is 1. The summed E-state index contributed by atoms with van der Waals surface area (Å²) in [4.78, 5) is 32.3. The van der Waals surface area contributed by atoms with Crippen LogP contribution in [-0.2, 0) is 19.6 Å². The Morgan fingerprint density at radius 1 is 0.963 bits per heavy atom. The van der Waals surface area contributed by atoms with Crippen molar-refractivity contribution >= 4 is 33.5 Å². The van der Waals surface area contributed by atoms with Gasteiger partial charge in [-0.2, -0.15) is 9.97 Å². The number of nitrogens with zero attached hydrogens (tertiary/aromatic N) is 3. The summed E-state index contributed by atoms with van der Waals surface area (Å²) < 4.78 is 37.3. The van der Waals surface area contributed by atoms with Crippen LogP contribution in [-0.4, -0.2) is 44.4 Å². The van der Waals surface area contributed by atoms with Gasteiger partial charge in [0.15, 0.2) is 0 Å². The molecule has 1 aliphatic heterocycles. The van der Waals surface area contributed by atoms with Crippen LogP contribution in [0.2, 0.25) is 0 Å². The Bertz CT molecular complexity index is 952. The van der Waals surface area contributed by atoms with Crippen molar-refractivity contribution in [1.29, 1.82) is 0 Å². The molecule has 1 N–H and O–H groups in total. The van der Waals surface area contributed by atoms with E-state index in [9.17, 15) is 18.0 Å². The lowest BCUT2D eigenvalue weighted by atomic mass is 10.3. The third-order valence-electron chi connectivity index (χ3n) is 3.78. The zero-order chi connectivity index (χ0) is 19.6. The summed E-state index contributed by atoms with van der Waals surface area (Å²) in [6, 6.07) is 6.75. The number of carbonyl (C=O) groups is 2. The number of carbonyl (C=O) groups excluding carboxylic acids is 2. The molecule has 142 valence electrons. The zero-order valence-corrected chi connectivity index (χ0v) is 15.3. The second-order valence-electron chi connectivity index (χ2n) is 5.50. The number of nitrogens with one attached hydrogen (secondary N) is 1. The fraction of sp³-hybridized carbons (Fsp3) is 0.250. The average Bonchev–Trinajstić information content (AvgIpc) is 2.99. The summed E-state index contributed by atoms with van der Waals surface area (Å²) in [5, 5.41) is 0. The monoisotopic (exact) mass is 392 g/mol. The minimum absolute atomic E-state index is 0.0873. The second kappa shape index (κ2) is 7.19. The molecule has 0 unspecified atom stereocenters. The third-order valence-corrected chi connectivity index (χ3v) is 5.12. The lowest BCUT2D eigenvalue weighted by molar-refractivity contribution is -0.121. The molecule has 1 aliphatic rings. The Labute approximate surface area is 155 Å². The highest BCUT2D eigenvalue weighted by Crippen LogP contribution is 2.25. The molecular formula is C16H16N4O6S. The molecule has 0 radical (unpaired) electrons. The Morgan fingerprint density at radius 3 is 1.96 bits per heavy atom. The van der Waals surface area contributed by atoms with E-state index in [0.717, 1.165) is 4.90 Å². The predicted octanol–water partition coefficient (Wildman–Crippen LogP) is 0.948. The highest BCUT2D eigenvalue weighted by atomic mass is 32.2. The molecule has 10 nitrogen and oxygen atoms in total. The topological polar surface area (TPSA) is 128 Å². The summed E-state index contributed by atoms with van der Waals surface area (Å²) in [5.41, 5.74) is 0.320. The van der Waals surface area contributed by atoms with Gasteiger partial charge in [0, 0.05) is 12.8 Å². The second-order valence-corrected chi connectivity index (χ2v) is 7.18. The molecule has 0 saturated carbocycles. The number of benzene rings is 1. The molecule has 0 bridgehead atoms. The first-order valence-corrected chi connectivity index (χ1v) is 9.28. The molecule has 1 aromatic carbocycles. The Kier molecular flexibility index (Phi) is 4.95. The average molecular weight is 392 g/mol. The van der Waals surface area contributed by atoms with Crippen LogP contribution in [0, 0.1) is 0 Å². The van der Waals surface area contributed by atoms with E-state index in [0.29, 0.717) is 5.69 Å². The van der Waals surface area contributed by atoms with E-state index >= 15 is 0 Å². The largest absolute Gasteiger partial charge is 0.481 e. The Morgan fingerprint density at radius 2 is 1.48 bits per heavy atom. The first kappa shape index (κ1) is 18.6. The fourth-order valence-corrected chi connectivity index (χ4v) is 3.42. The molecule has 2 amide bonds. The van der Waals surface area contributed by atoms with Crippen LogP contribution in [0.5, 0.6) is 11.8 Å². The third kappa shape index (κ3) is 3.82. The van der Waals surface area contributed by atoms with Gasteiger partial charge in [0.2, 0.25) is 29.5 Å². The Balaban J connectivity index is 1.85. The van der Waals surface area contributed by atoms with Gasteiger partial charge in [-0.25, -0.2) is 13.1 Å². The SMILES string of the molecule is COc1cc(OC)nc(NS(=O)(=O)c2ccc(N3C(=O)CCC3=O)cc2)n1. The summed E-state index contributed by atoms with van der Waals surface area (Å²) in [7, 11) is -1.26. The highest BCUT2D eigenvalue weighted by molar-refractivity contribution is 7.92. The van der Waals surface area contributed by atoms with Crippen LogP contribution >= 0.6 is 0 Å². The van der Waals surface area contributed by atoms with Crippen LogP contribution in [0.4, 0.5) is 11.6 Å². The number of methoxy groups -OCH3 is 2. The number of rotatable bonds is 6. The molecule has 0 atom stereocenters. The van der Waals surface area contributed by atoms with Gasteiger partial charge in [0.1, 0.15) is 0 Å². The minimum Gasteiger partial charge on any atom is -0.481 e. The summed E-state index contributed by atoms with van der Waals surface area (Å²) >= 11 is 0. The lowest BCUT2D eigenvalue weighted by Gasteiger charge is -2.14. The Hall–Kier alpha value is -3.21. The van der Waals surface area contributed by atoms with Gasteiger partial charge in [-0.3, -0.25) is 14.5 Å². The van der Waals surface area contributed by atoms with Crippen LogP contribution in [0.25, 0.3) is 0 Å². The smallest absolute Gasteiger partial charge is 0.264 e. The first-order valence-electron chi connectivity index (χ1n) is 7.80. The summed E-state index contributed by atoms with van der Waals surface area (Å²) in [6.07, 6.45) is 0.297. The van der Waals surface area contributed by atoms with E-state index in [-0.39, 0.29) is 47.3 Å². The van der Waals surface area contributed by atoms with Crippen molar-refractivity contribution in [2.75, 3.05) is 23.8 Å². The van der Waals surface area contributed by atoms with E-state index in [4.69, 9.17) is 9.47 Å². The molecule has 1 saturated heterocycles. The minimum atomic E-state index is -4.01. The molecule has 1 fully saturated rings. The van der Waals surface area contributed by atoms with Crippen LogP contribution in [0.3, 0.4) is 0 Å². The molecule has 27 heavy (non-hydrogen) atoms. The van der Waals surface area contributed by atoms with Crippen molar-refractivity contribution in [3.63, 3.8) is 0 Å². The van der Waals surface area contributed by atoms with Gasteiger partial charge < -0.3 is 9.47 Å². The number of anilines is 2. The van der Waals surface area contributed by atoms with Gasteiger partial charge in [0.25, 0.3) is 10.0 Å².